The number of fused-ring (bicyclic) bond motifs is 2. The van der Waals surface area contributed by atoms with E-state index in [1.54, 1.807) is 6.20 Å². The molecule has 11 heteroatoms. The second kappa shape index (κ2) is 13.6. The van der Waals surface area contributed by atoms with E-state index < -0.39 is 11.5 Å². The number of rotatable bonds is 9. The van der Waals surface area contributed by atoms with E-state index in [2.05, 4.69) is 65.4 Å². The first-order valence-electron chi connectivity index (χ1n) is 17.9. The second-order valence-electron chi connectivity index (χ2n) is 14.4. The predicted molar refractivity (Wildman–Crippen MR) is 198 cm³/mol. The van der Waals surface area contributed by atoms with Crippen LogP contribution < -0.4 is 5.32 Å². The van der Waals surface area contributed by atoms with Gasteiger partial charge in [0.25, 0.3) is 0 Å². The quantitative estimate of drug-likeness (QED) is 0.166. The van der Waals surface area contributed by atoms with E-state index in [1.807, 2.05) is 42.6 Å². The molecule has 2 aromatic carbocycles. The molecule has 5 aromatic rings. The highest BCUT2D eigenvalue weighted by Crippen LogP contribution is 2.46. The molecule has 0 saturated carbocycles. The number of carboxylic acids is 1. The maximum absolute atomic E-state index is 11.6. The lowest BCUT2D eigenvalue weighted by atomic mass is 9.73. The van der Waals surface area contributed by atoms with Gasteiger partial charge in [-0.1, -0.05) is 43.3 Å². The highest BCUT2D eigenvalue weighted by Gasteiger charge is 2.45. The molecule has 2 saturated heterocycles. The van der Waals surface area contributed by atoms with E-state index >= 15 is 0 Å². The molecule has 0 bridgehead atoms. The van der Waals surface area contributed by atoms with E-state index in [0.717, 1.165) is 46.2 Å². The molecule has 2 unspecified atom stereocenters. The van der Waals surface area contributed by atoms with Crippen LogP contribution in [0.15, 0.2) is 83.6 Å². The number of nitrogens with one attached hydrogen (secondary N) is 1. The zero-order chi connectivity index (χ0) is 36.0. The Morgan fingerprint density at radius 2 is 1.88 bits per heavy atom. The minimum atomic E-state index is -1.02. The molecule has 8 rings (SSSR count). The van der Waals surface area contributed by atoms with Gasteiger partial charge in [0.05, 0.1) is 17.6 Å². The Morgan fingerprint density at radius 1 is 1.08 bits per heavy atom. The highest BCUT2D eigenvalue weighted by molar-refractivity contribution is 5.89. The molecule has 3 aromatic heterocycles. The Hall–Kier alpha value is -5.41. The van der Waals surface area contributed by atoms with Crippen molar-refractivity contribution >= 4 is 39.4 Å². The second-order valence-corrected chi connectivity index (χ2v) is 14.4. The van der Waals surface area contributed by atoms with Gasteiger partial charge < -0.3 is 19.9 Å². The number of pyridine rings is 2. The van der Waals surface area contributed by atoms with Crippen LogP contribution in [0.5, 0.6) is 0 Å². The highest BCUT2D eigenvalue weighted by atomic mass is 16.4. The number of aromatic nitrogens is 3. The Bertz CT molecular complexity index is 2290. The van der Waals surface area contributed by atoms with Crippen molar-refractivity contribution in [2.45, 2.75) is 51.4 Å². The van der Waals surface area contributed by atoms with E-state index in [4.69, 9.17) is 19.4 Å². The van der Waals surface area contributed by atoms with Gasteiger partial charge in [-0.25, -0.2) is 9.97 Å². The number of allylic oxidation sites excluding steroid dienone is 2. The largest absolute Gasteiger partial charge is 0.481 e. The molecule has 0 radical (unpaired) electrons. The van der Waals surface area contributed by atoms with Crippen molar-refractivity contribution in [3.8, 4) is 6.07 Å². The summed E-state index contributed by atoms with van der Waals surface area (Å²) >= 11 is 0. The van der Waals surface area contributed by atoms with E-state index in [1.165, 1.54) is 0 Å². The lowest BCUT2D eigenvalue weighted by molar-refractivity contribution is -0.141. The minimum absolute atomic E-state index is 0.202. The molecular formula is C41H41N7O4. The molecule has 5 heterocycles. The topological polar surface area (TPSA) is 152 Å². The van der Waals surface area contributed by atoms with Gasteiger partial charge in [0.1, 0.15) is 22.6 Å². The van der Waals surface area contributed by atoms with E-state index in [0.29, 0.717) is 73.0 Å². The smallest absolute Gasteiger partial charge is 0.307 e. The molecule has 11 nitrogen and oxygen atoms in total. The van der Waals surface area contributed by atoms with Crippen molar-refractivity contribution in [3.05, 3.63) is 113 Å². The molecule has 3 N–H and O–H groups in total. The number of aliphatic hydroxyl groups is 1. The van der Waals surface area contributed by atoms with Gasteiger partial charge in [-0.15, -0.1) is 0 Å². The number of carboxylic acid groups (broad SMARTS) is 1. The van der Waals surface area contributed by atoms with Crippen LogP contribution in [-0.4, -0.2) is 73.2 Å². The van der Waals surface area contributed by atoms with Crippen LogP contribution in [0.2, 0.25) is 0 Å². The maximum Gasteiger partial charge on any atom is 0.307 e. The third-order valence-corrected chi connectivity index (χ3v) is 10.9. The molecular weight excluding hydrogens is 654 g/mol. The summed E-state index contributed by atoms with van der Waals surface area (Å²) in [5.41, 5.74) is 6.34. The van der Waals surface area contributed by atoms with Crippen LogP contribution in [-0.2, 0) is 23.4 Å². The van der Waals surface area contributed by atoms with Gasteiger partial charge in [-0.05, 0) is 84.5 Å². The van der Waals surface area contributed by atoms with Gasteiger partial charge in [0.2, 0.25) is 5.89 Å². The Labute approximate surface area is 301 Å². The number of aliphatic hydroxyl groups excluding tert-OH is 1. The number of hydrogen-bond acceptors (Lipinski definition) is 10. The summed E-state index contributed by atoms with van der Waals surface area (Å²) in [6.45, 7) is 8.14. The van der Waals surface area contributed by atoms with Crippen molar-refractivity contribution in [3.63, 3.8) is 0 Å². The number of anilines is 1. The number of β-amino-alcohol motifs (C(OH)–C–C–N with tert-alkyl or cyclic N) is 1. The average Bonchev–Trinajstić information content (AvgIpc) is 3.90. The summed E-state index contributed by atoms with van der Waals surface area (Å²) in [5.74, 6) is -0.390. The molecule has 3 aliphatic rings. The van der Waals surface area contributed by atoms with Crippen LogP contribution in [0.25, 0.3) is 27.6 Å². The summed E-state index contributed by atoms with van der Waals surface area (Å²) in [6.07, 6.45) is 11.0. The van der Waals surface area contributed by atoms with Crippen molar-refractivity contribution in [1.29, 1.82) is 5.26 Å². The van der Waals surface area contributed by atoms with Gasteiger partial charge >= 0.3 is 5.97 Å². The lowest BCUT2D eigenvalue weighted by Gasteiger charge is -2.39. The monoisotopic (exact) mass is 695 g/mol. The Morgan fingerprint density at radius 3 is 2.65 bits per heavy atom. The Balaban J connectivity index is 1.20. The van der Waals surface area contributed by atoms with Crippen LogP contribution in [0.4, 0.5) is 5.82 Å². The number of benzene rings is 2. The summed E-state index contributed by atoms with van der Waals surface area (Å²) in [4.78, 5) is 30.7. The molecule has 1 aliphatic carbocycles. The third kappa shape index (κ3) is 6.23. The fourth-order valence-electron chi connectivity index (χ4n) is 8.09. The number of nitrogens with zero attached hydrogens (tertiary/aromatic N) is 6. The molecule has 2 aliphatic heterocycles. The fourth-order valence-corrected chi connectivity index (χ4v) is 8.09. The number of hydrogen-bond donors (Lipinski definition) is 3. The van der Waals surface area contributed by atoms with Gasteiger partial charge in [0, 0.05) is 56.4 Å². The Kier molecular flexibility index (Phi) is 8.83. The fraction of sp³-hybridized carbons (Fsp3) is 0.341. The number of aryl methyl sites for hydroxylation is 1. The maximum atomic E-state index is 11.6. The van der Waals surface area contributed by atoms with Crippen molar-refractivity contribution in [2.24, 2.45) is 11.8 Å². The molecule has 2 fully saturated rings. The SMILES string of the molecule is Cc1ccccc1C1=CC=CC(Nc2nccc3cc(CN4CC[C@H](O)C4)cnc23)(c2nc3cc(CN4CC[C@H](C(=O)O)C4)cc(C#N)c3o2)C1C. The van der Waals surface area contributed by atoms with Gasteiger partial charge in [-0.2, -0.15) is 5.26 Å². The number of nitriles is 1. The first kappa shape index (κ1) is 33.7. The zero-order valence-electron chi connectivity index (χ0n) is 29.3. The minimum Gasteiger partial charge on any atom is -0.481 e. The molecule has 52 heavy (non-hydrogen) atoms. The van der Waals surface area contributed by atoms with Crippen LogP contribution in [0.3, 0.4) is 0 Å². The third-order valence-electron chi connectivity index (χ3n) is 10.9. The van der Waals surface area contributed by atoms with Crippen molar-refractivity contribution in [2.75, 3.05) is 31.5 Å². The predicted octanol–water partition coefficient (Wildman–Crippen LogP) is 6.02. The standard InChI is InChI=1S/C41H41N7O4/c1-25-6-3-4-7-33(25)34-8-5-12-41(26(34)2,46-38-36-29(9-13-43-38)17-28(20-44-36)22-48-15-11-32(49)24-48)40-45-35-18-27(16-31(19-42)37(35)52-40)21-47-14-10-30(23-47)39(50)51/h3-9,12-13,16-18,20,26,30,32,49H,10-11,14-15,21-24H2,1-2H3,(H,43,46)(H,50,51)/t26?,30-,32-,41?/m0/s1. The summed E-state index contributed by atoms with van der Waals surface area (Å²) in [6, 6.07) is 18.5. The average molecular weight is 696 g/mol. The summed E-state index contributed by atoms with van der Waals surface area (Å²) < 4.78 is 6.64. The van der Waals surface area contributed by atoms with E-state index in [9.17, 15) is 20.3 Å². The molecule has 264 valence electrons. The van der Waals surface area contributed by atoms with Crippen molar-refractivity contribution < 1.29 is 19.4 Å². The van der Waals surface area contributed by atoms with Gasteiger partial charge in [0.15, 0.2) is 11.4 Å². The molecule has 0 amide bonds. The lowest BCUT2D eigenvalue weighted by Crippen LogP contribution is -2.42. The number of carbonyl (C=O) groups is 1. The van der Waals surface area contributed by atoms with Crippen LogP contribution >= 0.6 is 0 Å². The number of aliphatic carboxylic acids is 1. The first-order chi connectivity index (χ1) is 25.2. The van der Waals surface area contributed by atoms with E-state index in [-0.39, 0.29) is 17.9 Å². The summed E-state index contributed by atoms with van der Waals surface area (Å²) in [5, 5.41) is 34.5. The zero-order valence-corrected chi connectivity index (χ0v) is 29.3. The normalized spacial score (nSPS) is 23.7. The number of oxazole rings is 1. The van der Waals surface area contributed by atoms with Crippen molar-refractivity contribution in [1.82, 2.24) is 24.8 Å². The first-order valence-corrected chi connectivity index (χ1v) is 17.9. The van der Waals surface area contributed by atoms with Crippen LogP contribution in [0.1, 0.15) is 53.5 Å². The number of likely N-dealkylation sites (tertiary alicyclic amines) is 2. The van der Waals surface area contributed by atoms with Gasteiger partial charge in [-0.3, -0.25) is 19.6 Å². The molecule has 4 atom stereocenters. The molecule has 0 spiro atoms. The van der Waals surface area contributed by atoms with Crippen LogP contribution in [0, 0.1) is 30.1 Å². The summed E-state index contributed by atoms with van der Waals surface area (Å²) in [7, 11) is 0.